The Hall–Kier alpha value is -3.38. The molecule has 0 bridgehead atoms. The van der Waals surface area contributed by atoms with Gasteiger partial charge in [0, 0.05) is 63.1 Å². The molecule has 0 amide bonds. The first-order valence-corrected chi connectivity index (χ1v) is 19.8. The van der Waals surface area contributed by atoms with Gasteiger partial charge in [-0.15, -0.1) is 40.5 Å². The largest absolute Gasteiger partial charge is 0.512 e. The summed E-state index contributed by atoms with van der Waals surface area (Å²) < 4.78 is 7.59. The molecule has 0 aliphatic rings. The zero-order chi connectivity index (χ0) is 38.2. The predicted octanol–water partition coefficient (Wildman–Crippen LogP) is 13.7. The number of hydrogen-bond acceptors (Lipinski definition) is 6. The number of furan rings is 1. The summed E-state index contributed by atoms with van der Waals surface area (Å²) in [5.74, 6) is 0.916. The number of hydrogen-bond donors (Lipinski definition) is 1. The fraction of sp³-hybridized carbons (Fsp3) is 0.457. The molecule has 3 heterocycles. The minimum absolute atomic E-state index is 0. The summed E-state index contributed by atoms with van der Waals surface area (Å²) in [6, 6.07) is 18.8. The van der Waals surface area contributed by atoms with Gasteiger partial charge in [-0.1, -0.05) is 105 Å². The number of aliphatic hydroxyl groups is 1. The van der Waals surface area contributed by atoms with Crippen molar-refractivity contribution in [2.24, 2.45) is 16.7 Å². The molecule has 5 nitrogen and oxygen atoms in total. The Balaban J connectivity index is 0.000000299. The van der Waals surface area contributed by atoms with Gasteiger partial charge in [0.25, 0.3) is 0 Å². The zero-order valence-electron chi connectivity index (χ0n) is 33.7. The fourth-order valence-corrected chi connectivity index (χ4v) is 8.25. The summed E-state index contributed by atoms with van der Waals surface area (Å²) in [6.45, 7) is 25.6. The number of allylic oxidation sites excluding steroid dienone is 2. The van der Waals surface area contributed by atoms with Gasteiger partial charge in [-0.05, 0) is 73.4 Å². The van der Waals surface area contributed by atoms with E-state index in [0.717, 1.165) is 65.1 Å². The van der Waals surface area contributed by atoms with Crippen molar-refractivity contribution in [1.29, 1.82) is 0 Å². The van der Waals surface area contributed by atoms with E-state index in [1.807, 2.05) is 52.9 Å². The minimum Gasteiger partial charge on any atom is -0.512 e. The summed E-state index contributed by atoms with van der Waals surface area (Å²) >= 11 is 1.90. The van der Waals surface area contributed by atoms with Crippen molar-refractivity contribution in [3.63, 3.8) is 0 Å². The monoisotopic (exact) mass is 910 g/mol. The second kappa shape index (κ2) is 16.5. The number of aliphatic hydroxyl groups excluding tert-OH is 1. The van der Waals surface area contributed by atoms with Crippen molar-refractivity contribution in [1.82, 2.24) is 9.97 Å². The van der Waals surface area contributed by atoms with E-state index < -0.39 is 0 Å². The third-order valence-corrected chi connectivity index (χ3v) is 12.7. The van der Waals surface area contributed by atoms with Gasteiger partial charge in [-0.2, -0.15) is 0 Å². The van der Waals surface area contributed by atoms with Crippen LogP contribution in [0.4, 0.5) is 0 Å². The number of aromatic nitrogens is 2. The summed E-state index contributed by atoms with van der Waals surface area (Å²) in [5, 5.41) is 15.8. The maximum absolute atomic E-state index is 12.2. The molecule has 0 fully saturated rings. The standard InChI is InChI=1S/C31H29N2OS.C15H28O2.Ir/c1-17(2)11-26-18(3)22-14-25-23(15-27(22)35-26)28-29(32-16-33-30(28)34-25)20-12-19-9-7-8-10-21(19)24(13-20)31(4,5)6;1-7-14(5,8-2)12(16)11-13(17)15(6,9-3)10-4;/h7-10,13-17H,11H2,1-6H3;11,16H,7-10H2,1-6H3;/q-1;;/b;12-11-;. The van der Waals surface area contributed by atoms with Crippen LogP contribution < -0.4 is 0 Å². The summed E-state index contributed by atoms with van der Waals surface area (Å²) in [7, 11) is 0. The van der Waals surface area contributed by atoms with Crippen LogP contribution in [-0.2, 0) is 36.7 Å². The molecule has 0 unspecified atom stereocenters. The second-order valence-corrected chi connectivity index (χ2v) is 17.6. The Morgan fingerprint density at radius 3 is 2.15 bits per heavy atom. The molecule has 0 atom stereocenters. The zero-order valence-corrected chi connectivity index (χ0v) is 36.9. The normalized spacial score (nSPS) is 12.8. The maximum Gasteiger partial charge on any atom is 0.223 e. The van der Waals surface area contributed by atoms with Crippen molar-refractivity contribution >= 4 is 60.0 Å². The molecule has 7 heteroatoms. The van der Waals surface area contributed by atoms with Gasteiger partial charge in [-0.25, -0.2) is 4.98 Å². The van der Waals surface area contributed by atoms with E-state index >= 15 is 0 Å². The number of carbonyl (C=O) groups is 1. The van der Waals surface area contributed by atoms with E-state index in [4.69, 9.17) is 9.40 Å². The molecule has 6 rings (SSSR count). The summed E-state index contributed by atoms with van der Waals surface area (Å²) in [6.07, 6.45) is 7.46. The van der Waals surface area contributed by atoms with Gasteiger partial charge < -0.3 is 9.52 Å². The first-order valence-electron chi connectivity index (χ1n) is 19.0. The van der Waals surface area contributed by atoms with Crippen molar-refractivity contribution in [2.45, 2.75) is 121 Å². The van der Waals surface area contributed by atoms with Crippen LogP contribution in [0.15, 0.2) is 65.0 Å². The van der Waals surface area contributed by atoms with Crippen LogP contribution in [0, 0.1) is 29.7 Å². The Bertz CT molecular complexity index is 2260. The number of fused-ring (bicyclic) bond motifs is 5. The number of carbonyl (C=O) groups excluding carboxylic acids is 1. The van der Waals surface area contributed by atoms with Crippen molar-refractivity contribution in [3.05, 3.63) is 82.7 Å². The Labute approximate surface area is 334 Å². The first kappa shape index (κ1) is 42.4. The molecule has 0 spiro atoms. The van der Waals surface area contributed by atoms with E-state index in [-0.39, 0.29) is 47.9 Å². The van der Waals surface area contributed by atoms with Gasteiger partial charge in [-0.3, -0.25) is 9.78 Å². The van der Waals surface area contributed by atoms with E-state index in [2.05, 4.69) is 95.1 Å². The number of ketones is 1. The van der Waals surface area contributed by atoms with Crippen LogP contribution in [0.25, 0.3) is 54.2 Å². The molecule has 1 N–H and O–H groups in total. The van der Waals surface area contributed by atoms with Crippen LogP contribution in [-0.4, -0.2) is 20.9 Å². The molecular weight excluding hydrogens is 853 g/mol. The molecule has 6 aromatic rings. The number of thiophene rings is 1. The average Bonchev–Trinajstić information content (AvgIpc) is 3.64. The first-order chi connectivity index (χ1) is 24.5. The molecule has 0 saturated heterocycles. The number of nitrogens with zero attached hydrogens (tertiary/aromatic N) is 2. The van der Waals surface area contributed by atoms with Gasteiger partial charge in [0.05, 0.1) is 0 Å². The third kappa shape index (κ3) is 8.48. The molecule has 0 saturated carbocycles. The average molecular weight is 910 g/mol. The molecule has 53 heavy (non-hydrogen) atoms. The number of benzene rings is 3. The topological polar surface area (TPSA) is 76.2 Å². The fourth-order valence-electron chi connectivity index (χ4n) is 6.80. The summed E-state index contributed by atoms with van der Waals surface area (Å²) in [5.41, 5.74) is 5.38. The SMILES string of the molecule is CCC(C)(CC)C(=O)/C=C(\O)C(C)(CC)CC.Cc1c(CC(C)C)sc2cc3c(cc12)oc1ncnc(-c2[c-]c4ccccc4c(C(C)(C)C)c2)c13.[Ir]. The quantitative estimate of drug-likeness (QED) is 0.0842. The number of rotatable bonds is 10. The molecule has 0 aliphatic carbocycles. The molecule has 0 aliphatic heterocycles. The molecule has 1 radical (unpaired) electrons. The summed E-state index contributed by atoms with van der Waals surface area (Å²) in [4.78, 5) is 22.9. The molecular formula is C46H57IrN2O3S-. The maximum atomic E-state index is 12.2. The predicted molar refractivity (Wildman–Crippen MR) is 222 cm³/mol. The smallest absolute Gasteiger partial charge is 0.223 e. The van der Waals surface area contributed by atoms with Gasteiger partial charge in [0.2, 0.25) is 5.71 Å². The van der Waals surface area contributed by atoms with Crippen molar-refractivity contribution in [3.8, 4) is 11.3 Å². The van der Waals surface area contributed by atoms with Gasteiger partial charge >= 0.3 is 0 Å². The molecule has 3 aromatic heterocycles. The van der Waals surface area contributed by atoms with Gasteiger partial charge in [0.15, 0.2) is 5.78 Å². The van der Waals surface area contributed by atoms with Crippen LogP contribution >= 0.6 is 11.3 Å². The Morgan fingerprint density at radius 1 is 0.906 bits per heavy atom. The second-order valence-electron chi connectivity index (χ2n) is 16.4. The van der Waals surface area contributed by atoms with E-state index in [0.29, 0.717) is 11.6 Å². The third-order valence-electron chi connectivity index (χ3n) is 11.5. The van der Waals surface area contributed by atoms with Crippen molar-refractivity contribution < 1.29 is 34.4 Å². The van der Waals surface area contributed by atoms with Crippen molar-refractivity contribution in [2.75, 3.05) is 0 Å². The van der Waals surface area contributed by atoms with Crippen LogP contribution in [0.5, 0.6) is 0 Å². The minimum atomic E-state index is -0.337. The van der Waals surface area contributed by atoms with Crippen LogP contribution in [0.2, 0.25) is 0 Å². The van der Waals surface area contributed by atoms with Crippen LogP contribution in [0.3, 0.4) is 0 Å². The van der Waals surface area contributed by atoms with Crippen LogP contribution in [0.1, 0.15) is 118 Å². The van der Waals surface area contributed by atoms with E-state index in [9.17, 15) is 9.90 Å². The molecule has 3 aromatic carbocycles. The van der Waals surface area contributed by atoms with E-state index in [1.54, 1.807) is 6.33 Å². The van der Waals surface area contributed by atoms with E-state index in [1.165, 1.54) is 37.6 Å². The number of aryl methyl sites for hydroxylation is 1. The Kier molecular flexibility index (Phi) is 13.2. The van der Waals surface area contributed by atoms with Gasteiger partial charge in [0.1, 0.15) is 17.7 Å². The molecule has 285 valence electrons. The Morgan fingerprint density at radius 2 is 1.55 bits per heavy atom.